The van der Waals surface area contributed by atoms with Crippen molar-refractivity contribution in [2.75, 3.05) is 14.2 Å². The Balaban J connectivity index is 1.74. The zero-order valence-corrected chi connectivity index (χ0v) is 14.7. The molecular formula is C19H17F2N3O3. The lowest BCUT2D eigenvalue weighted by Crippen LogP contribution is -2.24. The zero-order valence-electron chi connectivity index (χ0n) is 14.7. The molecule has 2 N–H and O–H groups in total. The molecule has 3 aromatic rings. The molecule has 27 heavy (non-hydrogen) atoms. The van der Waals surface area contributed by atoms with Crippen molar-refractivity contribution < 1.29 is 23.0 Å². The summed E-state index contributed by atoms with van der Waals surface area (Å²) in [5.41, 5.74) is 1.18. The number of halogens is 2. The van der Waals surface area contributed by atoms with E-state index >= 15 is 0 Å². The summed E-state index contributed by atoms with van der Waals surface area (Å²) in [5, 5.41) is 9.17. The number of methoxy groups -OCH3 is 2. The largest absolute Gasteiger partial charge is 0.497 e. The first-order valence-corrected chi connectivity index (χ1v) is 8.02. The van der Waals surface area contributed by atoms with Gasteiger partial charge in [-0.05, 0) is 30.3 Å². The Morgan fingerprint density at radius 1 is 1.15 bits per heavy atom. The van der Waals surface area contributed by atoms with Crippen LogP contribution in [0.15, 0.2) is 42.5 Å². The molecule has 1 amide bonds. The molecule has 8 heteroatoms. The minimum atomic E-state index is -0.848. The Morgan fingerprint density at radius 2 is 1.96 bits per heavy atom. The highest BCUT2D eigenvalue weighted by atomic mass is 19.1. The van der Waals surface area contributed by atoms with E-state index in [4.69, 9.17) is 9.47 Å². The Kier molecular flexibility index (Phi) is 5.35. The average Bonchev–Trinajstić information content (AvgIpc) is 3.18. The van der Waals surface area contributed by atoms with Crippen LogP contribution in [0.25, 0.3) is 11.3 Å². The number of aromatic nitrogens is 2. The molecule has 140 valence electrons. The molecular weight excluding hydrogens is 356 g/mol. The second-order valence-electron chi connectivity index (χ2n) is 5.62. The van der Waals surface area contributed by atoms with Crippen molar-refractivity contribution in [1.29, 1.82) is 0 Å². The number of rotatable bonds is 6. The van der Waals surface area contributed by atoms with Crippen molar-refractivity contribution in [2.24, 2.45) is 0 Å². The molecule has 0 unspecified atom stereocenters. The van der Waals surface area contributed by atoms with Crippen LogP contribution in [0.4, 0.5) is 8.78 Å². The fourth-order valence-corrected chi connectivity index (χ4v) is 2.53. The second kappa shape index (κ2) is 7.86. The number of aromatic amines is 1. The summed E-state index contributed by atoms with van der Waals surface area (Å²) in [6, 6.07) is 11.0. The van der Waals surface area contributed by atoms with E-state index in [1.807, 2.05) is 6.07 Å². The normalized spacial score (nSPS) is 10.5. The summed E-state index contributed by atoms with van der Waals surface area (Å²) >= 11 is 0. The van der Waals surface area contributed by atoms with Gasteiger partial charge in [0.05, 0.1) is 19.9 Å². The van der Waals surface area contributed by atoms with E-state index in [9.17, 15) is 13.6 Å². The van der Waals surface area contributed by atoms with E-state index in [-0.39, 0.29) is 23.6 Å². The molecule has 0 fully saturated rings. The molecule has 0 aliphatic heterocycles. The lowest BCUT2D eigenvalue weighted by Gasteiger charge is -2.09. The maximum Gasteiger partial charge on any atom is 0.269 e. The smallest absolute Gasteiger partial charge is 0.269 e. The maximum atomic E-state index is 14.1. The van der Waals surface area contributed by atoms with E-state index in [1.54, 1.807) is 31.4 Å². The summed E-state index contributed by atoms with van der Waals surface area (Å²) < 4.78 is 38.0. The number of H-pyrrole nitrogens is 1. The van der Waals surface area contributed by atoms with E-state index in [1.165, 1.54) is 13.2 Å². The minimum Gasteiger partial charge on any atom is -0.497 e. The van der Waals surface area contributed by atoms with Crippen LogP contribution in [0.2, 0.25) is 0 Å². The maximum absolute atomic E-state index is 14.1. The Hall–Kier alpha value is -3.42. The van der Waals surface area contributed by atoms with Gasteiger partial charge in [0, 0.05) is 17.7 Å². The third kappa shape index (κ3) is 3.89. The van der Waals surface area contributed by atoms with Gasteiger partial charge in [-0.3, -0.25) is 9.89 Å². The predicted octanol–water partition coefficient (Wildman–Crippen LogP) is 3.30. The summed E-state index contributed by atoms with van der Waals surface area (Å²) in [5.74, 6) is -1.60. The molecule has 1 heterocycles. The van der Waals surface area contributed by atoms with Crippen LogP contribution in [0.3, 0.4) is 0 Å². The van der Waals surface area contributed by atoms with Gasteiger partial charge in [-0.15, -0.1) is 0 Å². The van der Waals surface area contributed by atoms with Gasteiger partial charge < -0.3 is 14.8 Å². The lowest BCUT2D eigenvalue weighted by atomic mass is 10.1. The molecule has 0 atom stereocenters. The van der Waals surface area contributed by atoms with Gasteiger partial charge in [0.15, 0.2) is 11.6 Å². The van der Waals surface area contributed by atoms with Crippen LogP contribution >= 0.6 is 0 Å². The quantitative estimate of drug-likeness (QED) is 0.695. The van der Waals surface area contributed by atoms with Crippen LogP contribution in [-0.4, -0.2) is 30.3 Å². The fourth-order valence-electron chi connectivity index (χ4n) is 2.53. The number of hydrogen-bond acceptors (Lipinski definition) is 4. The monoisotopic (exact) mass is 373 g/mol. The van der Waals surface area contributed by atoms with Crippen LogP contribution < -0.4 is 14.8 Å². The number of nitrogens with zero attached hydrogens (tertiary/aromatic N) is 1. The molecule has 2 aromatic carbocycles. The van der Waals surface area contributed by atoms with Gasteiger partial charge in [0.1, 0.15) is 17.3 Å². The zero-order chi connectivity index (χ0) is 19.4. The number of ether oxygens (including phenoxy) is 2. The first-order chi connectivity index (χ1) is 13.0. The lowest BCUT2D eigenvalue weighted by molar-refractivity contribution is 0.0945. The standard InChI is InChI=1S/C19H17F2N3O3/c1-26-12-5-3-4-11(8-12)15-9-16(24-23-15)19(25)22-10-13-14(20)6-7-17(27-2)18(13)21/h3-9H,10H2,1-2H3,(H,22,25)(H,23,24). The first-order valence-electron chi connectivity index (χ1n) is 8.02. The van der Waals surface area contributed by atoms with Crippen molar-refractivity contribution in [1.82, 2.24) is 15.5 Å². The van der Waals surface area contributed by atoms with Gasteiger partial charge >= 0.3 is 0 Å². The Bertz CT molecular complexity index is 973. The predicted molar refractivity (Wildman–Crippen MR) is 94.7 cm³/mol. The van der Waals surface area contributed by atoms with Gasteiger partial charge in [-0.25, -0.2) is 8.78 Å². The fraction of sp³-hybridized carbons (Fsp3) is 0.158. The van der Waals surface area contributed by atoms with Gasteiger partial charge in [-0.2, -0.15) is 5.10 Å². The SMILES string of the molecule is COc1cccc(-c2cc(C(=O)NCc3c(F)ccc(OC)c3F)[nH]n2)c1. The topological polar surface area (TPSA) is 76.2 Å². The average molecular weight is 373 g/mol. The van der Waals surface area contributed by atoms with Crippen molar-refractivity contribution in [3.63, 3.8) is 0 Å². The Labute approximate surface area is 154 Å². The van der Waals surface area contributed by atoms with Crippen LogP contribution in [0.1, 0.15) is 16.1 Å². The number of nitrogens with one attached hydrogen (secondary N) is 2. The summed E-state index contributed by atoms with van der Waals surface area (Å²) in [7, 11) is 2.84. The highest BCUT2D eigenvalue weighted by Crippen LogP contribution is 2.24. The van der Waals surface area contributed by atoms with Crippen LogP contribution in [-0.2, 0) is 6.54 Å². The van der Waals surface area contributed by atoms with E-state index < -0.39 is 17.5 Å². The summed E-state index contributed by atoms with van der Waals surface area (Å²) in [6.07, 6.45) is 0. The molecule has 0 bridgehead atoms. The molecule has 6 nitrogen and oxygen atoms in total. The summed E-state index contributed by atoms with van der Waals surface area (Å²) in [6.45, 7) is -0.332. The van der Waals surface area contributed by atoms with Crippen LogP contribution in [0.5, 0.6) is 11.5 Å². The van der Waals surface area contributed by atoms with E-state index in [0.717, 1.165) is 11.6 Å². The minimum absolute atomic E-state index is 0.0949. The highest BCUT2D eigenvalue weighted by molar-refractivity contribution is 5.93. The molecule has 0 saturated carbocycles. The summed E-state index contributed by atoms with van der Waals surface area (Å²) in [4.78, 5) is 12.3. The van der Waals surface area contributed by atoms with Crippen LogP contribution in [0, 0.1) is 11.6 Å². The van der Waals surface area contributed by atoms with E-state index in [2.05, 4.69) is 15.5 Å². The molecule has 0 aliphatic carbocycles. The molecule has 0 saturated heterocycles. The number of carbonyl (C=O) groups excluding carboxylic acids is 1. The van der Waals surface area contributed by atoms with Gasteiger partial charge in [-0.1, -0.05) is 12.1 Å². The number of carbonyl (C=O) groups is 1. The first kappa shape index (κ1) is 18.4. The Morgan fingerprint density at radius 3 is 2.70 bits per heavy atom. The second-order valence-corrected chi connectivity index (χ2v) is 5.62. The number of benzene rings is 2. The van der Waals surface area contributed by atoms with Crippen molar-refractivity contribution >= 4 is 5.91 Å². The number of hydrogen-bond donors (Lipinski definition) is 2. The number of amides is 1. The third-order valence-electron chi connectivity index (χ3n) is 3.98. The molecule has 0 aliphatic rings. The molecule has 0 spiro atoms. The molecule has 1 aromatic heterocycles. The highest BCUT2D eigenvalue weighted by Gasteiger charge is 2.17. The molecule has 0 radical (unpaired) electrons. The van der Waals surface area contributed by atoms with Gasteiger partial charge in [0.2, 0.25) is 0 Å². The molecule has 3 rings (SSSR count). The van der Waals surface area contributed by atoms with Crippen molar-refractivity contribution in [3.05, 3.63) is 65.4 Å². The van der Waals surface area contributed by atoms with E-state index in [0.29, 0.717) is 11.4 Å². The van der Waals surface area contributed by atoms with Gasteiger partial charge in [0.25, 0.3) is 5.91 Å². The van der Waals surface area contributed by atoms with Crippen molar-refractivity contribution in [2.45, 2.75) is 6.54 Å². The van der Waals surface area contributed by atoms with Crippen molar-refractivity contribution in [3.8, 4) is 22.8 Å². The third-order valence-corrected chi connectivity index (χ3v) is 3.98.